The van der Waals surface area contributed by atoms with Gasteiger partial charge in [-0.05, 0) is 37.3 Å². The molecule has 3 rings (SSSR count). The molecule has 150 valence electrons. The molecule has 0 radical (unpaired) electrons. The summed E-state index contributed by atoms with van der Waals surface area (Å²) in [7, 11) is 0. The minimum Gasteiger partial charge on any atom is -0.479 e. The lowest BCUT2D eigenvalue weighted by molar-refractivity contribution is -0.139. The number of rotatable bonds is 4. The van der Waals surface area contributed by atoms with E-state index in [1.807, 2.05) is 0 Å². The molecule has 0 aliphatic heterocycles. The average Bonchev–Trinajstić information content (AvgIpc) is 3.00. The molecular weight excluding hydrogens is 396 g/mol. The van der Waals surface area contributed by atoms with Crippen LogP contribution in [0.5, 0.6) is 5.95 Å². The van der Waals surface area contributed by atoms with Crippen LogP contribution >= 0.6 is 0 Å². The summed E-state index contributed by atoms with van der Waals surface area (Å²) in [4.78, 5) is 19.1. The first kappa shape index (κ1) is 20.1. The third-order valence-electron chi connectivity index (χ3n) is 3.86. The first-order valence-corrected chi connectivity index (χ1v) is 8.01. The molecule has 0 fully saturated rings. The molecule has 2 aromatic carbocycles. The van der Waals surface area contributed by atoms with Crippen LogP contribution in [0.25, 0.3) is 11.5 Å². The molecule has 6 nitrogen and oxygen atoms in total. The standard InChI is InChI=1S/C19H12F4N2O4/c1-9-2-5-14(11(6-9)17(26)27)24-8-15-18(28)29-16(25-15)10-3-4-12(13(20)7-10)19(21,22)23/h2-8,28H,1H3,(H,26,27). The van der Waals surface area contributed by atoms with Crippen LogP contribution in [0.15, 0.2) is 45.8 Å². The van der Waals surface area contributed by atoms with Gasteiger partial charge < -0.3 is 14.6 Å². The van der Waals surface area contributed by atoms with E-state index in [0.717, 1.165) is 12.3 Å². The lowest BCUT2D eigenvalue weighted by atomic mass is 10.1. The van der Waals surface area contributed by atoms with Gasteiger partial charge in [-0.1, -0.05) is 11.6 Å². The molecule has 0 aliphatic rings. The van der Waals surface area contributed by atoms with Crippen molar-refractivity contribution >= 4 is 17.9 Å². The predicted octanol–water partition coefficient (Wildman–Crippen LogP) is 4.96. The van der Waals surface area contributed by atoms with Gasteiger partial charge >= 0.3 is 18.1 Å². The third-order valence-corrected chi connectivity index (χ3v) is 3.86. The van der Waals surface area contributed by atoms with Crippen LogP contribution in [-0.4, -0.2) is 27.4 Å². The Morgan fingerprint density at radius 3 is 2.55 bits per heavy atom. The summed E-state index contributed by atoms with van der Waals surface area (Å²) in [6, 6.07) is 6.56. The summed E-state index contributed by atoms with van der Waals surface area (Å²) in [5, 5.41) is 19.1. The number of hydrogen-bond donors (Lipinski definition) is 2. The van der Waals surface area contributed by atoms with Crippen LogP contribution < -0.4 is 0 Å². The average molecular weight is 408 g/mol. The highest BCUT2D eigenvalue weighted by atomic mass is 19.4. The minimum absolute atomic E-state index is 0.0748. The normalized spacial score (nSPS) is 11.9. The number of aryl methyl sites for hydroxylation is 1. The van der Waals surface area contributed by atoms with Crippen molar-refractivity contribution in [3.05, 3.63) is 64.6 Å². The Labute approximate surface area is 160 Å². The largest absolute Gasteiger partial charge is 0.479 e. The number of carboxylic acids is 1. The lowest BCUT2D eigenvalue weighted by Gasteiger charge is -2.07. The molecule has 0 amide bonds. The number of carbonyl (C=O) groups is 1. The van der Waals surface area contributed by atoms with Crippen molar-refractivity contribution in [2.45, 2.75) is 13.1 Å². The Kier molecular flexibility index (Phi) is 5.10. The van der Waals surface area contributed by atoms with E-state index >= 15 is 0 Å². The van der Waals surface area contributed by atoms with E-state index in [1.54, 1.807) is 13.0 Å². The molecule has 29 heavy (non-hydrogen) atoms. The molecule has 1 aromatic heterocycles. The predicted molar refractivity (Wildman–Crippen MR) is 94.0 cm³/mol. The number of aromatic hydroxyl groups is 1. The van der Waals surface area contributed by atoms with E-state index in [1.165, 1.54) is 12.1 Å². The van der Waals surface area contributed by atoms with Crippen molar-refractivity contribution in [2.75, 3.05) is 0 Å². The van der Waals surface area contributed by atoms with Crippen molar-refractivity contribution in [1.29, 1.82) is 0 Å². The van der Waals surface area contributed by atoms with E-state index in [2.05, 4.69) is 9.98 Å². The Balaban J connectivity index is 1.93. The number of nitrogens with zero attached hydrogens (tertiary/aromatic N) is 2. The molecule has 0 spiro atoms. The van der Waals surface area contributed by atoms with Gasteiger partial charge in [0.2, 0.25) is 5.89 Å². The second kappa shape index (κ2) is 7.38. The molecule has 0 unspecified atom stereocenters. The minimum atomic E-state index is -4.85. The van der Waals surface area contributed by atoms with Crippen molar-refractivity contribution in [2.24, 2.45) is 4.99 Å². The van der Waals surface area contributed by atoms with E-state index in [-0.39, 0.29) is 28.4 Å². The number of alkyl halides is 3. The smallest absolute Gasteiger partial charge is 0.419 e. The van der Waals surface area contributed by atoms with Crippen LogP contribution in [0.3, 0.4) is 0 Å². The van der Waals surface area contributed by atoms with Gasteiger partial charge in [0.25, 0.3) is 0 Å². The highest BCUT2D eigenvalue weighted by Gasteiger charge is 2.34. The first-order chi connectivity index (χ1) is 13.6. The summed E-state index contributed by atoms with van der Waals surface area (Å²) in [5.41, 5.74) is -1.07. The highest BCUT2D eigenvalue weighted by Crippen LogP contribution is 2.34. The van der Waals surface area contributed by atoms with Crippen LogP contribution in [0.2, 0.25) is 0 Å². The number of carboxylic acid groups (broad SMARTS) is 1. The summed E-state index contributed by atoms with van der Waals surface area (Å²) in [6.07, 6.45) is -3.82. The molecule has 3 aromatic rings. The van der Waals surface area contributed by atoms with Crippen molar-refractivity contribution in [3.8, 4) is 17.4 Å². The van der Waals surface area contributed by atoms with Crippen LogP contribution in [0.1, 0.15) is 27.2 Å². The molecule has 2 N–H and O–H groups in total. The van der Waals surface area contributed by atoms with Gasteiger partial charge in [0.15, 0.2) is 5.69 Å². The summed E-state index contributed by atoms with van der Waals surface area (Å²) in [5.74, 6) is -3.77. The highest BCUT2D eigenvalue weighted by molar-refractivity contribution is 5.95. The number of benzene rings is 2. The second-order valence-corrected chi connectivity index (χ2v) is 5.99. The van der Waals surface area contributed by atoms with Gasteiger partial charge in [0.1, 0.15) is 5.82 Å². The van der Waals surface area contributed by atoms with E-state index in [9.17, 15) is 32.6 Å². The maximum atomic E-state index is 13.7. The molecule has 0 atom stereocenters. The molecule has 0 bridgehead atoms. The van der Waals surface area contributed by atoms with Gasteiger partial charge in [0, 0.05) is 5.56 Å². The lowest BCUT2D eigenvalue weighted by Crippen LogP contribution is -2.07. The summed E-state index contributed by atoms with van der Waals surface area (Å²) < 4.78 is 56.6. The topological polar surface area (TPSA) is 95.9 Å². The number of aromatic nitrogens is 1. The number of halogens is 4. The Morgan fingerprint density at radius 2 is 1.93 bits per heavy atom. The zero-order valence-corrected chi connectivity index (χ0v) is 14.7. The summed E-state index contributed by atoms with van der Waals surface area (Å²) >= 11 is 0. The zero-order chi connectivity index (χ0) is 21.3. The molecule has 10 heteroatoms. The van der Waals surface area contributed by atoms with E-state index < -0.39 is 29.5 Å². The van der Waals surface area contributed by atoms with Crippen molar-refractivity contribution in [1.82, 2.24) is 4.98 Å². The van der Waals surface area contributed by atoms with E-state index in [4.69, 9.17) is 4.42 Å². The summed E-state index contributed by atoms with van der Waals surface area (Å²) in [6.45, 7) is 1.71. The molecule has 0 aliphatic carbocycles. The van der Waals surface area contributed by atoms with Gasteiger partial charge in [0.05, 0.1) is 23.0 Å². The van der Waals surface area contributed by atoms with Gasteiger partial charge in [-0.2, -0.15) is 13.2 Å². The number of oxazole rings is 1. The molecule has 1 heterocycles. The SMILES string of the molecule is Cc1ccc(N=Cc2nc(-c3ccc(C(F)(F)F)c(F)c3)oc2O)c(C(=O)O)c1. The Hall–Kier alpha value is -3.69. The molecular formula is C19H12F4N2O4. The van der Waals surface area contributed by atoms with Crippen LogP contribution in [-0.2, 0) is 6.18 Å². The van der Waals surface area contributed by atoms with Crippen molar-refractivity contribution in [3.63, 3.8) is 0 Å². The fourth-order valence-electron chi connectivity index (χ4n) is 2.47. The number of aliphatic imine (C=N–C) groups is 1. The van der Waals surface area contributed by atoms with Gasteiger partial charge in [-0.25, -0.2) is 14.2 Å². The second-order valence-electron chi connectivity index (χ2n) is 5.99. The number of aromatic carboxylic acids is 1. The molecule has 0 saturated carbocycles. The Morgan fingerprint density at radius 1 is 1.21 bits per heavy atom. The maximum Gasteiger partial charge on any atom is 0.419 e. The van der Waals surface area contributed by atoms with Crippen LogP contribution in [0.4, 0.5) is 23.2 Å². The van der Waals surface area contributed by atoms with Gasteiger partial charge in [-0.15, -0.1) is 0 Å². The number of hydrogen-bond acceptors (Lipinski definition) is 5. The fourth-order valence-corrected chi connectivity index (χ4v) is 2.47. The maximum absolute atomic E-state index is 13.7. The third kappa shape index (κ3) is 4.26. The zero-order valence-electron chi connectivity index (χ0n) is 14.7. The van der Waals surface area contributed by atoms with Gasteiger partial charge in [-0.3, -0.25) is 4.99 Å². The fraction of sp³-hybridized carbons (Fsp3) is 0.105. The monoisotopic (exact) mass is 408 g/mol. The van der Waals surface area contributed by atoms with Crippen LogP contribution in [0, 0.1) is 12.7 Å². The van der Waals surface area contributed by atoms with E-state index in [0.29, 0.717) is 17.7 Å². The van der Waals surface area contributed by atoms with Crippen molar-refractivity contribution < 1.29 is 37.0 Å². The first-order valence-electron chi connectivity index (χ1n) is 8.01. The molecule has 0 saturated heterocycles. The quantitative estimate of drug-likeness (QED) is 0.470. The Bertz CT molecular complexity index is 1120.